The Balaban J connectivity index is 0. The average molecular weight is 83.0 g/mol. The van der Waals surface area contributed by atoms with Crippen LogP contribution in [0.5, 0.6) is 0 Å². The molecule has 4 heteroatoms. The van der Waals surface area contributed by atoms with Crippen molar-refractivity contribution in [3.05, 3.63) is 0 Å². The van der Waals surface area contributed by atoms with Gasteiger partial charge in [-0.15, -0.1) is 4.39 Å². The van der Waals surface area contributed by atoms with Crippen LogP contribution in [-0.4, -0.2) is 6.16 Å². The van der Waals surface area contributed by atoms with Gasteiger partial charge in [0.15, 0.2) is 0 Å². The number of primary amides is 1. The van der Waals surface area contributed by atoms with Crippen molar-refractivity contribution in [1.82, 2.24) is 0 Å². The van der Waals surface area contributed by atoms with E-state index in [0.717, 1.165) is 0 Å². The molecular formula is CH3F2NO. The molecule has 0 aliphatic heterocycles. The lowest BCUT2D eigenvalue weighted by molar-refractivity contribution is 0.231. The summed E-state index contributed by atoms with van der Waals surface area (Å²) in [5.41, 5.74) is 3.81. The normalized spacial score (nSPS) is 5.00. The molecule has 0 saturated carbocycles. The van der Waals surface area contributed by atoms with Crippen LogP contribution in [0.3, 0.4) is 0 Å². The van der Waals surface area contributed by atoms with Crippen LogP contribution in [0.25, 0.3) is 0 Å². The van der Waals surface area contributed by atoms with Crippen molar-refractivity contribution in [3.8, 4) is 0 Å². The third-order valence-corrected chi connectivity index (χ3v) is 0. The number of amides is 1. The van der Waals surface area contributed by atoms with Crippen LogP contribution in [0.4, 0.5) is 13.9 Å². The van der Waals surface area contributed by atoms with Crippen molar-refractivity contribution < 1.29 is 13.9 Å². The highest BCUT2D eigenvalue weighted by molar-refractivity contribution is 5.62. The molecule has 0 atom stereocenters. The Kier molecular flexibility index (Phi) is 5.89. The topological polar surface area (TPSA) is 43.1 Å². The Hall–Kier alpha value is -0.670. The van der Waals surface area contributed by atoms with Crippen LogP contribution in [-0.2, 0) is 0 Å². The first-order valence-electron chi connectivity index (χ1n) is 0.682. The van der Waals surface area contributed by atoms with Gasteiger partial charge in [-0.2, -0.15) is 0 Å². The minimum Gasteiger partial charge on any atom is -0.341 e. The van der Waals surface area contributed by atoms with E-state index in [1.165, 1.54) is 0 Å². The van der Waals surface area contributed by atoms with E-state index in [1.807, 2.05) is 0 Å². The SMILES string of the molecule is F.NC(=O)F. The van der Waals surface area contributed by atoms with Crippen molar-refractivity contribution in [2.45, 2.75) is 0 Å². The van der Waals surface area contributed by atoms with Gasteiger partial charge in [0.05, 0.1) is 0 Å². The molecule has 0 spiro atoms. The standard InChI is InChI=1S/CH2FNO.FH/c2-1(3)4;/h(H2,3,4);1H. The van der Waals surface area contributed by atoms with Crippen LogP contribution in [0.1, 0.15) is 0 Å². The van der Waals surface area contributed by atoms with E-state index in [0.29, 0.717) is 0 Å². The maximum atomic E-state index is 10.1. The fourth-order valence-corrected chi connectivity index (χ4v) is 0. The molecule has 0 aromatic carbocycles. The van der Waals surface area contributed by atoms with Crippen LogP contribution >= 0.6 is 0 Å². The highest BCUT2D eigenvalue weighted by Crippen LogP contribution is 1.52. The van der Waals surface area contributed by atoms with Crippen molar-refractivity contribution in [1.29, 1.82) is 0 Å². The Morgan fingerprint density at radius 1 is 1.80 bits per heavy atom. The van der Waals surface area contributed by atoms with Crippen LogP contribution in [0.15, 0.2) is 0 Å². The Labute approximate surface area is 27.1 Å². The van der Waals surface area contributed by atoms with Gasteiger partial charge in [-0.1, -0.05) is 0 Å². The van der Waals surface area contributed by atoms with Gasteiger partial charge in [0.25, 0.3) is 0 Å². The van der Waals surface area contributed by atoms with Crippen LogP contribution in [0, 0.1) is 0 Å². The number of carbonyl (C=O) groups excluding carboxylic acids is 1. The van der Waals surface area contributed by atoms with Gasteiger partial charge in [0, 0.05) is 0 Å². The summed E-state index contributed by atoms with van der Waals surface area (Å²) in [6, 6.07) is 0. The number of rotatable bonds is 0. The minimum absolute atomic E-state index is 0. The summed E-state index contributed by atoms with van der Waals surface area (Å²) in [5.74, 6) is 0. The predicted octanol–water partition coefficient (Wildman–Crippen LogP) is 0.187. The molecule has 32 valence electrons. The summed E-state index contributed by atoms with van der Waals surface area (Å²) in [6.07, 6.45) is -1.83. The van der Waals surface area contributed by atoms with E-state index in [1.54, 1.807) is 0 Å². The zero-order chi connectivity index (χ0) is 3.58. The van der Waals surface area contributed by atoms with Crippen molar-refractivity contribution >= 4 is 6.16 Å². The second kappa shape index (κ2) is 3.33. The predicted molar refractivity (Wildman–Crippen MR) is 13.2 cm³/mol. The quantitative estimate of drug-likeness (QED) is 0.329. The molecule has 1 amide bonds. The first-order valence-corrected chi connectivity index (χ1v) is 0.682. The maximum absolute atomic E-state index is 10.1. The van der Waals surface area contributed by atoms with Crippen LogP contribution < -0.4 is 5.73 Å². The molecule has 0 unspecified atom stereocenters. The van der Waals surface area contributed by atoms with Crippen molar-refractivity contribution in [3.63, 3.8) is 0 Å². The van der Waals surface area contributed by atoms with E-state index in [4.69, 9.17) is 4.79 Å². The molecule has 0 fully saturated rings. The lowest BCUT2D eigenvalue weighted by Gasteiger charge is -1.54. The largest absolute Gasteiger partial charge is 0.394 e. The summed E-state index contributed by atoms with van der Waals surface area (Å²) in [5, 5.41) is 0. The molecular weight excluding hydrogens is 80.0 g/mol. The lowest BCUT2D eigenvalue weighted by atomic mass is 11.4. The Morgan fingerprint density at radius 3 is 1.80 bits per heavy atom. The summed E-state index contributed by atoms with van der Waals surface area (Å²) in [4.78, 5) is 8.56. The first kappa shape index (κ1) is 8.84. The maximum Gasteiger partial charge on any atom is 0.394 e. The van der Waals surface area contributed by atoms with E-state index in [2.05, 4.69) is 5.73 Å². The summed E-state index contributed by atoms with van der Waals surface area (Å²) < 4.78 is 10.1. The molecule has 5 heavy (non-hydrogen) atoms. The number of halogens is 2. The van der Waals surface area contributed by atoms with Gasteiger partial charge >= 0.3 is 6.16 Å². The molecule has 0 saturated heterocycles. The second-order valence-electron chi connectivity index (χ2n) is 0.304. The molecule has 0 aliphatic rings. The lowest BCUT2D eigenvalue weighted by Crippen LogP contribution is -1.96. The summed E-state index contributed by atoms with van der Waals surface area (Å²) in [6.45, 7) is 0. The molecule has 0 aliphatic carbocycles. The monoisotopic (exact) mass is 83.0 g/mol. The Morgan fingerprint density at radius 2 is 1.80 bits per heavy atom. The molecule has 0 bridgehead atoms. The third-order valence-electron chi connectivity index (χ3n) is 0. The molecule has 0 rings (SSSR count). The van der Waals surface area contributed by atoms with Gasteiger partial charge in [-0.05, 0) is 0 Å². The van der Waals surface area contributed by atoms with Crippen molar-refractivity contribution in [2.24, 2.45) is 5.73 Å². The van der Waals surface area contributed by atoms with E-state index in [9.17, 15) is 4.39 Å². The average Bonchev–Trinajstić information content (AvgIpc) is 0.811. The first-order chi connectivity index (χ1) is 1.73. The third kappa shape index (κ3) is 13.1. The fraction of sp³-hybridized carbons (Fsp3) is 0. The Bertz CT molecular complexity index is 32.6. The number of hydrogen-bond acceptors (Lipinski definition) is 1. The van der Waals surface area contributed by atoms with E-state index in [-0.39, 0.29) is 4.70 Å². The summed E-state index contributed by atoms with van der Waals surface area (Å²) >= 11 is 0. The molecule has 2 nitrogen and oxygen atoms in total. The van der Waals surface area contributed by atoms with Crippen molar-refractivity contribution in [2.75, 3.05) is 0 Å². The smallest absolute Gasteiger partial charge is 0.341 e. The number of hydrogen-bond donors (Lipinski definition) is 1. The highest BCUT2D eigenvalue weighted by Gasteiger charge is 1.69. The van der Waals surface area contributed by atoms with E-state index < -0.39 is 6.16 Å². The number of nitrogens with two attached hydrogens (primary N) is 1. The zero-order valence-corrected chi connectivity index (χ0v) is 2.27. The van der Waals surface area contributed by atoms with Gasteiger partial charge in [0.1, 0.15) is 0 Å². The fourth-order valence-electron chi connectivity index (χ4n) is 0. The molecule has 0 radical (unpaired) electrons. The zero-order valence-electron chi connectivity index (χ0n) is 2.27. The second-order valence-corrected chi connectivity index (χ2v) is 0.304. The summed E-state index contributed by atoms with van der Waals surface area (Å²) in [7, 11) is 0. The highest BCUT2D eigenvalue weighted by atomic mass is 19.1. The van der Waals surface area contributed by atoms with Gasteiger partial charge in [0.2, 0.25) is 0 Å². The van der Waals surface area contributed by atoms with Gasteiger partial charge in [-0.25, -0.2) is 4.79 Å². The van der Waals surface area contributed by atoms with Crippen LogP contribution in [0.2, 0.25) is 0 Å². The van der Waals surface area contributed by atoms with E-state index >= 15 is 0 Å². The molecule has 2 N–H and O–H groups in total. The minimum atomic E-state index is -1.83. The van der Waals surface area contributed by atoms with Gasteiger partial charge in [-0.3, -0.25) is 4.70 Å². The molecule has 0 aromatic rings. The number of carbonyl (C=O) groups is 1. The molecule has 0 aromatic heterocycles. The van der Waals surface area contributed by atoms with Gasteiger partial charge < -0.3 is 5.73 Å². The molecule has 0 heterocycles.